The van der Waals surface area contributed by atoms with Crippen molar-refractivity contribution in [2.45, 2.75) is 33.2 Å². The van der Waals surface area contributed by atoms with Crippen molar-refractivity contribution in [3.8, 4) is 0 Å². The zero-order valence-corrected chi connectivity index (χ0v) is 10.6. The quantitative estimate of drug-likeness (QED) is 0.833. The van der Waals surface area contributed by atoms with Crippen LogP contribution in [0.15, 0.2) is 18.2 Å². The van der Waals surface area contributed by atoms with Crippen LogP contribution in [0.2, 0.25) is 5.02 Å². The molecule has 2 amide bonds. The van der Waals surface area contributed by atoms with Gasteiger partial charge in [0.25, 0.3) is 0 Å². The van der Waals surface area contributed by atoms with E-state index in [1.54, 1.807) is 6.07 Å². The van der Waals surface area contributed by atoms with Crippen LogP contribution in [0.1, 0.15) is 25.8 Å². The van der Waals surface area contributed by atoms with E-state index >= 15 is 0 Å². The Morgan fingerprint density at radius 1 is 1.50 bits per heavy atom. The Hall–Kier alpha value is -1.22. The molecule has 0 aliphatic carbocycles. The lowest BCUT2D eigenvalue weighted by molar-refractivity contribution is 0.249. The number of anilines is 1. The van der Waals surface area contributed by atoms with Crippen LogP contribution in [-0.2, 0) is 0 Å². The van der Waals surface area contributed by atoms with Crippen LogP contribution in [0.3, 0.4) is 0 Å². The Balaban J connectivity index is 2.66. The Bertz CT molecular complexity index is 379. The van der Waals surface area contributed by atoms with Crippen LogP contribution >= 0.6 is 11.6 Å². The summed E-state index contributed by atoms with van der Waals surface area (Å²) in [5.41, 5.74) is 1.62. The van der Waals surface area contributed by atoms with Gasteiger partial charge in [0.1, 0.15) is 0 Å². The molecule has 0 aliphatic rings. The van der Waals surface area contributed by atoms with Crippen molar-refractivity contribution < 1.29 is 4.79 Å². The summed E-state index contributed by atoms with van der Waals surface area (Å²) < 4.78 is 0. The predicted octanol–water partition coefficient (Wildman–Crippen LogP) is 3.57. The number of halogens is 1. The molecule has 0 saturated heterocycles. The Morgan fingerprint density at radius 3 is 2.81 bits per heavy atom. The molecule has 0 aromatic heterocycles. The second-order valence-corrected chi connectivity index (χ2v) is 4.23. The third kappa shape index (κ3) is 3.42. The van der Waals surface area contributed by atoms with E-state index in [1.807, 2.05) is 32.9 Å². The molecule has 4 heteroatoms. The first-order valence-electron chi connectivity index (χ1n) is 5.37. The minimum Gasteiger partial charge on any atom is -0.335 e. The van der Waals surface area contributed by atoms with E-state index in [1.165, 1.54) is 0 Å². The summed E-state index contributed by atoms with van der Waals surface area (Å²) in [4.78, 5) is 11.6. The molecule has 0 radical (unpaired) electrons. The van der Waals surface area contributed by atoms with E-state index in [0.29, 0.717) is 5.02 Å². The molecule has 1 atom stereocenters. The van der Waals surface area contributed by atoms with Gasteiger partial charge < -0.3 is 10.6 Å². The largest absolute Gasteiger partial charge is 0.335 e. The molecule has 0 heterocycles. The van der Waals surface area contributed by atoms with Crippen molar-refractivity contribution in [2.24, 2.45) is 0 Å². The lowest BCUT2D eigenvalue weighted by Crippen LogP contribution is -2.35. The Labute approximate surface area is 101 Å². The Kier molecular flexibility index (Phi) is 4.62. The standard InChI is InChI=1S/C12H17ClN2O/c1-4-8(2)14-12(16)15-11-7-5-6-10(13)9(11)3/h5-8H,4H2,1-3H3,(H2,14,15,16). The molecule has 0 spiro atoms. The van der Waals surface area contributed by atoms with Gasteiger partial charge in [-0.3, -0.25) is 0 Å². The maximum Gasteiger partial charge on any atom is 0.319 e. The highest BCUT2D eigenvalue weighted by Gasteiger charge is 2.08. The third-order valence-electron chi connectivity index (χ3n) is 2.51. The van der Waals surface area contributed by atoms with Crippen LogP contribution in [0, 0.1) is 6.92 Å². The maximum absolute atomic E-state index is 11.6. The van der Waals surface area contributed by atoms with Gasteiger partial charge in [-0.05, 0) is 38.0 Å². The summed E-state index contributed by atoms with van der Waals surface area (Å²) in [6, 6.07) is 5.42. The van der Waals surface area contributed by atoms with Gasteiger partial charge in [-0.1, -0.05) is 24.6 Å². The Morgan fingerprint density at radius 2 is 2.19 bits per heavy atom. The lowest BCUT2D eigenvalue weighted by atomic mass is 10.2. The summed E-state index contributed by atoms with van der Waals surface area (Å²) >= 11 is 5.96. The van der Waals surface area contributed by atoms with E-state index in [4.69, 9.17) is 11.6 Å². The predicted molar refractivity (Wildman–Crippen MR) is 68.1 cm³/mol. The number of amides is 2. The van der Waals surface area contributed by atoms with Gasteiger partial charge in [0.2, 0.25) is 0 Å². The molecule has 0 fully saturated rings. The lowest BCUT2D eigenvalue weighted by Gasteiger charge is -2.14. The SMILES string of the molecule is CCC(C)NC(=O)Nc1cccc(Cl)c1C. The summed E-state index contributed by atoms with van der Waals surface area (Å²) in [5.74, 6) is 0. The summed E-state index contributed by atoms with van der Waals surface area (Å²) in [5, 5.41) is 6.27. The normalized spacial score (nSPS) is 12.0. The zero-order chi connectivity index (χ0) is 12.1. The number of benzene rings is 1. The molecule has 0 saturated carbocycles. The number of rotatable bonds is 3. The molecule has 1 rings (SSSR count). The molecule has 1 aromatic rings. The number of carbonyl (C=O) groups is 1. The number of urea groups is 1. The first-order chi connectivity index (χ1) is 7.54. The molecule has 88 valence electrons. The maximum atomic E-state index is 11.6. The van der Waals surface area contributed by atoms with Crippen LogP contribution in [0.4, 0.5) is 10.5 Å². The van der Waals surface area contributed by atoms with Crippen molar-refractivity contribution in [3.63, 3.8) is 0 Å². The van der Waals surface area contributed by atoms with Crippen molar-refractivity contribution in [1.29, 1.82) is 0 Å². The highest BCUT2D eigenvalue weighted by molar-refractivity contribution is 6.31. The van der Waals surface area contributed by atoms with E-state index in [2.05, 4.69) is 10.6 Å². The fourth-order valence-corrected chi connectivity index (χ4v) is 1.40. The van der Waals surface area contributed by atoms with Crippen LogP contribution < -0.4 is 10.6 Å². The topological polar surface area (TPSA) is 41.1 Å². The van der Waals surface area contributed by atoms with Crippen LogP contribution in [0.5, 0.6) is 0 Å². The first-order valence-corrected chi connectivity index (χ1v) is 5.75. The van der Waals surface area contributed by atoms with E-state index < -0.39 is 0 Å². The van der Waals surface area contributed by atoms with Gasteiger partial charge in [0, 0.05) is 16.8 Å². The molecule has 0 aliphatic heterocycles. The summed E-state index contributed by atoms with van der Waals surface area (Å²) in [7, 11) is 0. The second kappa shape index (κ2) is 5.75. The molecule has 3 nitrogen and oxygen atoms in total. The van der Waals surface area contributed by atoms with Crippen molar-refractivity contribution in [3.05, 3.63) is 28.8 Å². The van der Waals surface area contributed by atoms with Gasteiger partial charge >= 0.3 is 6.03 Å². The smallest absolute Gasteiger partial charge is 0.319 e. The third-order valence-corrected chi connectivity index (χ3v) is 2.92. The molecule has 1 aromatic carbocycles. The fraction of sp³-hybridized carbons (Fsp3) is 0.417. The number of nitrogens with one attached hydrogen (secondary N) is 2. The number of hydrogen-bond acceptors (Lipinski definition) is 1. The second-order valence-electron chi connectivity index (χ2n) is 3.82. The zero-order valence-electron chi connectivity index (χ0n) is 9.80. The van der Waals surface area contributed by atoms with Crippen LogP contribution in [-0.4, -0.2) is 12.1 Å². The van der Waals surface area contributed by atoms with Gasteiger partial charge in [-0.25, -0.2) is 4.79 Å². The van der Waals surface area contributed by atoms with Crippen LogP contribution in [0.25, 0.3) is 0 Å². The highest BCUT2D eigenvalue weighted by Crippen LogP contribution is 2.22. The molecule has 2 N–H and O–H groups in total. The van der Waals surface area contributed by atoms with Gasteiger partial charge in [0.05, 0.1) is 0 Å². The molecule has 16 heavy (non-hydrogen) atoms. The monoisotopic (exact) mass is 240 g/mol. The highest BCUT2D eigenvalue weighted by atomic mass is 35.5. The van der Waals surface area contributed by atoms with Crippen molar-refractivity contribution >= 4 is 23.3 Å². The van der Waals surface area contributed by atoms with E-state index in [9.17, 15) is 4.79 Å². The van der Waals surface area contributed by atoms with Gasteiger partial charge in [-0.2, -0.15) is 0 Å². The molecule has 1 unspecified atom stereocenters. The molecular formula is C12H17ClN2O. The summed E-state index contributed by atoms with van der Waals surface area (Å²) in [6.07, 6.45) is 0.905. The molecular weight excluding hydrogens is 224 g/mol. The number of carbonyl (C=O) groups excluding carboxylic acids is 1. The van der Waals surface area contributed by atoms with Crippen molar-refractivity contribution in [2.75, 3.05) is 5.32 Å². The summed E-state index contributed by atoms with van der Waals surface area (Å²) in [6.45, 7) is 5.86. The first kappa shape index (κ1) is 12.8. The fourth-order valence-electron chi connectivity index (χ4n) is 1.23. The molecule has 0 bridgehead atoms. The average Bonchev–Trinajstić information content (AvgIpc) is 2.24. The van der Waals surface area contributed by atoms with E-state index in [0.717, 1.165) is 17.7 Å². The minimum atomic E-state index is -0.195. The van der Waals surface area contributed by atoms with E-state index in [-0.39, 0.29) is 12.1 Å². The van der Waals surface area contributed by atoms with Gasteiger partial charge in [0.15, 0.2) is 0 Å². The van der Waals surface area contributed by atoms with Crippen molar-refractivity contribution in [1.82, 2.24) is 5.32 Å². The number of hydrogen-bond donors (Lipinski definition) is 2. The minimum absolute atomic E-state index is 0.166. The van der Waals surface area contributed by atoms with Gasteiger partial charge in [-0.15, -0.1) is 0 Å². The average molecular weight is 241 g/mol.